The Bertz CT molecular complexity index is 269. The predicted octanol–water partition coefficient (Wildman–Crippen LogP) is 9.58. The first kappa shape index (κ1) is 29.7. The first-order chi connectivity index (χ1) is 11.2. The van der Waals surface area contributed by atoms with Gasteiger partial charge in [-0.1, -0.05) is 114 Å². The summed E-state index contributed by atoms with van der Waals surface area (Å²) in [5.74, 6) is 0. The standard InChI is InChI=1S/C23H46.ClH.H3N/c1-5-6-7-8-9-10-11-12-13-14-15-16-17-18-19-20-21-23(4)22(2)3;;/h5-21H2,1-4H3;1H;1H3. The maximum absolute atomic E-state index is 2.30. The Balaban J connectivity index is -0.00000242. The van der Waals surface area contributed by atoms with Gasteiger partial charge in [-0.15, -0.1) is 12.4 Å². The van der Waals surface area contributed by atoms with E-state index in [0.717, 1.165) is 0 Å². The van der Waals surface area contributed by atoms with Crippen molar-refractivity contribution in [3.63, 3.8) is 0 Å². The molecule has 154 valence electrons. The van der Waals surface area contributed by atoms with Crippen molar-refractivity contribution in [1.29, 1.82) is 0 Å². The predicted molar refractivity (Wildman–Crippen MR) is 120 cm³/mol. The van der Waals surface area contributed by atoms with Gasteiger partial charge in [0.2, 0.25) is 0 Å². The Morgan fingerprint density at radius 1 is 0.480 bits per heavy atom. The van der Waals surface area contributed by atoms with Gasteiger partial charge in [-0.3, -0.25) is 0 Å². The molecule has 2 heteroatoms. The highest BCUT2D eigenvalue weighted by Crippen LogP contribution is 2.16. The quantitative estimate of drug-likeness (QED) is 0.199. The zero-order valence-corrected chi connectivity index (χ0v) is 19.0. The van der Waals surface area contributed by atoms with E-state index in [2.05, 4.69) is 27.7 Å². The zero-order valence-electron chi connectivity index (χ0n) is 18.1. The van der Waals surface area contributed by atoms with Crippen LogP contribution >= 0.6 is 12.4 Å². The molecule has 0 amide bonds. The van der Waals surface area contributed by atoms with Crippen molar-refractivity contribution in [2.75, 3.05) is 0 Å². The Morgan fingerprint density at radius 2 is 0.760 bits per heavy atom. The molecule has 0 atom stereocenters. The first-order valence-electron chi connectivity index (χ1n) is 10.8. The molecule has 3 N–H and O–H groups in total. The molecule has 0 fully saturated rings. The lowest BCUT2D eigenvalue weighted by Gasteiger charge is -2.05. The van der Waals surface area contributed by atoms with E-state index >= 15 is 0 Å². The smallest absolute Gasteiger partial charge is 0.0321 e. The van der Waals surface area contributed by atoms with Crippen LogP contribution in [0.3, 0.4) is 0 Å². The van der Waals surface area contributed by atoms with E-state index in [1.54, 1.807) is 5.57 Å². The first-order valence-corrected chi connectivity index (χ1v) is 10.8. The minimum atomic E-state index is 0. The largest absolute Gasteiger partial charge is 0.344 e. The Hall–Kier alpha value is -0.0100. The van der Waals surface area contributed by atoms with Crippen LogP contribution in [0.5, 0.6) is 0 Å². The average molecular weight is 376 g/mol. The Labute approximate surface area is 166 Å². The van der Waals surface area contributed by atoms with Gasteiger partial charge in [0.25, 0.3) is 0 Å². The van der Waals surface area contributed by atoms with E-state index in [1.807, 2.05) is 0 Å². The molecular formula is C23H50ClN. The lowest BCUT2D eigenvalue weighted by Crippen LogP contribution is -1.85. The third-order valence-corrected chi connectivity index (χ3v) is 5.26. The second-order valence-electron chi connectivity index (χ2n) is 7.83. The van der Waals surface area contributed by atoms with Crippen molar-refractivity contribution >= 4 is 12.4 Å². The lowest BCUT2D eigenvalue weighted by atomic mass is 10.0. The van der Waals surface area contributed by atoms with Gasteiger partial charge in [-0.25, -0.2) is 0 Å². The minimum Gasteiger partial charge on any atom is -0.344 e. The molecule has 0 saturated heterocycles. The monoisotopic (exact) mass is 375 g/mol. The fraction of sp³-hybridized carbons (Fsp3) is 0.913. The van der Waals surface area contributed by atoms with E-state index in [9.17, 15) is 0 Å². The molecule has 0 rings (SSSR count). The zero-order chi connectivity index (χ0) is 17.2. The van der Waals surface area contributed by atoms with Crippen molar-refractivity contribution in [1.82, 2.24) is 6.15 Å². The normalized spacial score (nSPS) is 10.1. The van der Waals surface area contributed by atoms with Crippen LogP contribution in [0.15, 0.2) is 11.1 Å². The Kier molecular flexibility index (Phi) is 28.5. The molecular weight excluding hydrogens is 326 g/mol. The van der Waals surface area contributed by atoms with E-state index < -0.39 is 0 Å². The molecule has 0 aromatic rings. The van der Waals surface area contributed by atoms with Gasteiger partial charge in [-0.2, -0.15) is 0 Å². The van der Waals surface area contributed by atoms with Gasteiger partial charge in [0.15, 0.2) is 0 Å². The van der Waals surface area contributed by atoms with E-state index in [1.165, 1.54) is 115 Å². The minimum absolute atomic E-state index is 0. The van der Waals surface area contributed by atoms with E-state index in [-0.39, 0.29) is 18.6 Å². The number of hydrogen-bond acceptors (Lipinski definition) is 1. The number of unbranched alkanes of at least 4 members (excludes halogenated alkanes) is 15. The summed E-state index contributed by atoms with van der Waals surface area (Å²) >= 11 is 0. The SMILES string of the molecule is CCCCCCCCCCCCCCCCCCC(C)=C(C)C.Cl.N. The molecule has 0 unspecified atom stereocenters. The van der Waals surface area contributed by atoms with Gasteiger partial charge in [-0.05, 0) is 33.6 Å². The second-order valence-corrected chi connectivity index (χ2v) is 7.83. The van der Waals surface area contributed by atoms with Crippen LogP contribution in [0, 0.1) is 0 Å². The highest BCUT2D eigenvalue weighted by Gasteiger charge is 1.96. The van der Waals surface area contributed by atoms with Crippen molar-refractivity contribution in [3.8, 4) is 0 Å². The molecule has 0 aliphatic heterocycles. The summed E-state index contributed by atoms with van der Waals surface area (Å²) in [5, 5.41) is 0. The fourth-order valence-electron chi connectivity index (χ4n) is 3.19. The molecule has 0 spiro atoms. The van der Waals surface area contributed by atoms with Gasteiger partial charge in [0, 0.05) is 0 Å². The maximum atomic E-state index is 2.30. The van der Waals surface area contributed by atoms with Crippen LogP contribution in [0.1, 0.15) is 137 Å². The van der Waals surface area contributed by atoms with Gasteiger partial charge in [0.1, 0.15) is 0 Å². The van der Waals surface area contributed by atoms with Crippen LogP contribution in [0.25, 0.3) is 0 Å². The van der Waals surface area contributed by atoms with Crippen molar-refractivity contribution in [3.05, 3.63) is 11.1 Å². The van der Waals surface area contributed by atoms with Crippen LogP contribution < -0.4 is 6.15 Å². The Morgan fingerprint density at radius 3 is 1.04 bits per heavy atom. The van der Waals surface area contributed by atoms with E-state index in [0.29, 0.717) is 0 Å². The lowest BCUT2D eigenvalue weighted by molar-refractivity contribution is 0.529. The average Bonchev–Trinajstić information content (AvgIpc) is 2.54. The summed E-state index contributed by atoms with van der Waals surface area (Å²) in [6.07, 6.45) is 24.6. The molecule has 1 nitrogen and oxygen atoms in total. The molecule has 0 bridgehead atoms. The molecule has 0 saturated carbocycles. The molecule has 0 aliphatic rings. The summed E-state index contributed by atoms with van der Waals surface area (Å²) in [6, 6.07) is 0. The molecule has 0 aromatic carbocycles. The topological polar surface area (TPSA) is 35.0 Å². The third kappa shape index (κ3) is 24.0. The van der Waals surface area contributed by atoms with Crippen LogP contribution in [-0.4, -0.2) is 0 Å². The highest BCUT2D eigenvalue weighted by molar-refractivity contribution is 5.85. The molecule has 0 heterocycles. The summed E-state index contributed by atoms with van der Waals surface area (Å²) in [6.45, 7) is 9.07. The van der Waals surface area contributed by atoms with Crippen molar-refractivity contribution < 1.29 is 0 Å². The van der Waals surface area contributed by atoms with E-state index in [4.69, 9.17) is 0 Å². The summed E-state index contributed by atoms with van der Waals surface area (Å²) < 4.78 is 0. The number of halogens is 1. The summed E-state index contributed by atoms with van der Waals surface area (Å²) in [5.41, 5.74) is 3.13. The maximum Gasteiger partial charge on any atom is -0.0321 e. The van der Waals surface area contributed by atoms with Crippen LogP contribution in [0.4, 0.5) is 0 Å². The fourth-order valence-corrected chi connectivity index (χ4v) is 3.19. The molecule has 0 aromatic heterocycles. The van der Waals surface area contributed by atoms with Gasteiger partial charge < -0.3 is 6.15 Å². The second kappa shape index (κ2) is 24.0. The number of allylic oxidation sites excluding steroid dienone is 2. The van der Waals surface area contributed by atoms with Crippen molar-refractivity contribution in [2.45, 2.75) is 137 Å². The van der Waals surface area contributed by atoms with Gasteiger partial charge in [0.05, 0.1) is 0 Å². The number of hydrogen-bond donors (Lipinski definition) is 1. The third-order valence-electron chi connectivity index (χ3n) is 5.26. The molecule has 0 radical (unpaired) electrons. The highest BCUT2D eigenvalue weighted by atomic mass is 35.5. The van der Waals surface area contributed by atoms with Crippen LogP contribution in [0.2, 0.25) is 0 Å². The number of rotatable bonds is 17. The summed E-state index contributed by atoms with van der Waals surface area (Å²) in [7, 11) is 0. The summed E-state index contributed by atoms with van der Waals surface area (Å²) in [4.78, 5) is 0. The molecule has 25 heavy (non-hydrogen) atoms. The van der Waals surface area contributed by atoms with Crippen LogP contribution in [-0.2, 0) is 0 Å². The molecule has 0 aliphatic carbocycles. The van der Waals surface area contributed by atoms with Gasteiger partial charge >= 0.3 is 0 Å². The van der Waals surface area contributed by atoms with Crippen molar-refractivity contribution in [2.24, 2.45) is 0 Å².